The van der Waals surface area contributed by atoms with Gasteiger partial charge in [0.2, 0.25) is 0 Å². The molecule has 1 atom stereocenters. The van der Waals surface area contributed by atoms with Crippen LogP contribution in [0.5, 0.6) is 0 Å². The van der Waals surface area contributed by atoms with Crippen LogP contribution >= 0.6 is 30.3 Å². The summed E-state index contributed by atoms with van der Waals surface area (Å²) in [5, 5.41) is 7.93. The first-order chi connectivity index (χ1) is 14.3. The van der Waals surface area contributed by atoms with Gasteiger partial charge in [0.05, 0.1) is 24.7 Å². The van der Waals surface area contributed by atoms with Crippen molar-refractivity contribution >= 4 is 53.0 Å². The number of nitrogen functional groups attached to an aromatic ring is 1. The van der Waals surface area contributed by atoms with Crippen LogP contribution in [0.3, 0.4) is 0 Å². The fourth-order valence-corrected chi connectivity index (χ4v) is 3.61. The Kier molecular flexibility index (Phi) is 10.7. The average Bonchev–Trinajstić information content (AvgIpc) is 3.13. The van der Waals surface area contributed by atoms with Gasteiger partial charge in [-0.2, -0.15) is 5.10 Å². The molecule has 3 aromatic rings. The molecule has 0 aliphatic carbocycles. The van der Waals surface area contributed by atoms with E-state index in [2.05, 4.69) is 33.1 Å². The zero-order valence-electron chi connectivity index (χ0n) is 16.7. The van der Waals surface area contributed by atoms with E-state index in [4.69, 9.17) is 5.73 Å². The Labute approximate surface area is 189 Å². The van der Waals surface area contributed by atoms with Crippen LogP contribution in [-0.4, -0.2) is 32.2 Å². The highest BCUT2D eigenvalue weighted by atomic mass is 127. The lowest BCUT2D eigenvalue weighted by Gasteiger charge is -2.02. The predicted octanol–water partition coefficient (Wildman–Crippen LogP) is 5.21. The Hall–Kier alpha value is -2.28. The third-order valence-corrected chi connectivity index (χ3v) is 5.60. The van der Waals surface area contributed by atoms with E-state index in [9.17, 15) is 13.6 Å². The lowest BCUT2D eigenvalue weighted by molar-refractivity contribution is -0.144. The molecule has 0 radical (unpaired) electrons. The molecule has 0 spiro atoms. The number of benzene rings is 1. The maximum absolute atomic E-state index is 13.9. The second kappa shape index (κ2) is 12.4. The van der Waals surface area contributed by atoms with Gasteiger partial charge in [-0.15, -0.1) is 18.3 Å². The van der Waals surface area contributed by atoms with Crippen LogP contribution in [0.15, 0.2) is 37.7 Å². The summed E-state index contributed by atoms with van der Waals surface area (Å²) < 4.78 is 33.4. The van der Waals surface area contributed by atoms with E-state index in [-0.39, 0.29) is 29.0 Å². The van der Waals surface area contributed by atoms with Gasteiger partial charge in [-0.1, -0.05) is 13.8 Å². The van der Waals surface area contributed by atoms with Gasteiger partial charge >= 0.3 is 5.97 Å². The summed E-state index contributed by atoms with van der Waals surface area (Å²) in [6, 6.07) is 2.08. The molecule has 0 bridgehead atoms. The smallest absolute Gasteiger partial charge is 0.308 e. The minimum absolute atomic E-state index is 0.0556. The van der Waals surface area contributed by atoms with E-state index in [0.29, 0.717) is 10.9 Å². The number of hydrogen-bond donors (Lipinski definition) is 1. The number of carbonyl (C=O) groups excluding carboxylic acids is 1. The molecule has 0 aliphatic heterocycles. The minimum atomic E-state index is -0.663. The number of fused-ring (bicyclic) bond motifs is 1. The SMILES string of the molecule is C=C.CCC(C)C(=O)OC.Nc1cnnc(-c2cn(SI)c3c(F)cc(F)cc23)n1. The number of esters is 1. The average molecular weight is 549 g/mol. The topological polar surface area (TPSA) is 95.9 Å². The molecular weight excluding hydrogens is 527 g/mol. The van der Waals surface area contributed by atoms with Gasteiger partial charge < -0.3 is 10.5 Å². The summed E-state index contributed by atoms with van der Waals surface area (Å²) in [6.45, 7) is 9.81. The fraction of sp³-hybridized carbons (Fsp3) is 0.263. The van der Waals surface area contributed by atoms with Crippen molar-refractivity contribution in [2.45, 2.75) is 20.3 Å². The van der Waals surface area contributed by atoms with E-state index in [1.165, 1.54) is 28.5 Å². The Morgan fingerprint density at radius 3 is 2.57 bits per heavy atom. The number of methoxy groups -OCH3 is 1. The first-order valence-electron chi connectivity index (χ1n) is 8.64. The zero-order valence-corrected chi connectivity index (χ0v) is 19.7. The third kappa shape index (κ3) is 6.36. The van der Waals surface area contributed by atoms with E-state index in [1.807, 2.05) is 35.1 Å². The van der Waals surface area contributed by atoms with E-state index in [0.717, 1.165) is 12.5 Å². The summed E-state index contributed by atoms with van der Waals surface area (Å²) >= 11 is 2.00. The van der Waals surface area contributed by atoms with Crippen molar-refractivity contribution in [1.29, 1.82) is 0 Å². The van der Waals surface area contributed by atoms with E-state index >= 15 is 0 Å². The van der Waals surface area contributed by atoms with Gasteiger partial charge in [0.1, 0.15) is 11.6 Å². The number of halogens is 3. The summed E-state index contributed by atoms with van der Waals surface area (Å²) in [5.74, 6) is -0.955. The number of ether oxygens (including phenoxy) is 1. The Morgan fingerprint density at radius 1 is 1.40 bits per heavy atom. The van der Waals surface area contributed by atoms with Crippen LogP contribution in [-0.2, 0) is 9.53 Å². The Morgan fingerprint density at radius 2 is 2.07 bits per heavy atom. The molecule has 0 saturated heterocycles. The van der Waals surface area contributed by atoms with Crippen LogP contribution in [0.2, 0.25) is 0 Å². The van der Waals surface area contributed by atoms with Crippen molar-refractivity contribution in [3.63, 3.8) is 0 Å². The summed E-state index contributed by atoms with van der Waals surface area (Å²) in [7, 11) is 2.67. The number of anilines is 1. The quantitative estimate of drug-likeness (QED) is 0.271. The molecule has 0 amide bonds. The Balaban J connectivity index is 0.000000383. The minimum Gasteiger partial charge on any atom is -0.469 e. The first kappa shape index (κ1) is 25.8. The standard InChI is InChI=1S/C11H6F2IN5S.C6H12O2.C2H4/c12-5-1-6-7(11-17-9(15)3-16-18-11)4-19(20-14)10(6)8(13)2-5;1-4-5(2)6(7)8-3;1-2/h1-4H,(H2,15,17,18);5H,4H2,1-3H3;1-2H2. The zero-order chi connectivity index (χ0) is 22.8. The highest BCUT2D eigenvalue weighted by Gasteiger charge is 2.18. The summed E-state index contributed by atoms with van der Waals surface area (Å²) in [4.78, 5) is 14.6. The van der Waals surface area contributed by atoms with Crippen molar-refractivity contribution in [2.75, 3.05) is 12.8 Å². The van der Waals surface area contributed by atoms with E-state index < -0.39 is 11.6 Å². The molecule has 1 unspecified atom stereocenters. The van der Waals surface area contributed by atoms with Crippen molar-refractivity contribution < 1.29 is 18.3 Å². The normalized spacial score (nSPS) is 11.0. The fourth-order valence-electron chi connectivity index (χ4n) is 2.28. The second-order valence-corrected chi connectivity index (χ2v) is 7.47. The third-order valence-electron chi connectivity index (χ3n) is 3.89. The number of carbonyl (C=O) groups is 1. The summed E-state index contributed by atoms with van der Waals surface area (Å²) in [5.41, 5.74) is 6.31. The highest BCUT2D eigenvalue weighted by Crippen LogP contribution is 2.35. The monoisotopic (exact) mass is 549 g/mol. The molecule has 0 fully saturated rings. The molecule has 1 aromatic carbocycles. The maximum atomic E-state index is 13.9. The number of rotatable bonds is 4. The molecule has 2 N–H and O–H groups in total. The van der Waals surface area contributed by atoms with Crippen molar-refractivity contribution in [3.05, 3.63) is 49.3 Å². The molecule has 0 aliphatic rings. The van der Waals surface area contributed by atoms with Crippen LogP contribution in [0.4, 0.5) is 14.6 Å². The Bertz CT molecular complexity index is 1000. The maximum Gasteiger partial charge on any atom is 0.308 e. The molecule has 2 aromatic heterocycles. The van der Waals surface area contributed by atoms with Crippen molar-refractivity contribution in [1.82, 2.24) is 19.2 Å². The van der Waals surface area contributed by atoms with Gasteiger partial charge in [0.15, 0.2) is 11.6 Å². The van der Waals surface area contributed by atoms with Crippen LogP contribution in [0.25, 0.3) is 22.3 Å². The first-order valence-corrected chi connectivity index (χ1v) is 12.0. The molecule has 3 rings (SSSR count). The molecular formula is C19H22F2IN5O2S. The number of nitrogens with two attached hydrogens (primary N) is 1. The molecule has 30 heavy (non-hydrogen) atoms. The molecule has 11 heteroatoms. The van der Waals surface area contributed by atoms with Gasteiger partial charge in [-0.05, 0) is 12.5 Å². The molecule has 0 saturated carbocycles. The van der Waals surface area contributed by atoms with Crippen LogP contribution in [0.1, 0.15) is 20.3 Å². The van der Waals surface area contributed by atoms with Crippen molar-refractivity contribution in [3.8, 4) is 11.4 Å². The second-order valence-electron chi connectivity index (χ2n) is 5.76. The number of nitrogens with zero attached hydrogens (tertiary/aromatic N) is 4. The van der Waals surface area contributed by atoms with Crippen molar-refractivity contribution in [2.24, 2.45) is 5.92 Å². The van der Waals surface area contributed by atoms with Gasteiger partial charge in [-0.25, -0.2) is 13.8 Å². The van der Waals surface area contributed by atoms with Gasteiger partial charge in [0.25, 0.3) is 0 Å². The van der Waals surface area contributed by atoms with Crippen LogP contribution < -0.4 is 5.73 Å². The highest BCUT2D eigenvalue weighted by molar-refractivity contribution is 14.2. The predicted molar refractivity (Wildman–Crippen MR) is 125 cm³/mol. The molecule has 7 nitrogen and oxygen atoms in total. The van der Waals surface area contributed by atoms with E-state index in [1.54, 1.807) is 10.2 Å². The van der Waals surface area contributed by atoms with Gasteiger partial charge in [0, 0.05) is 53.5 Å². The van der Waals surface area contributed by atoms with Crippen LogP contribution in [0, 0.1) is 17.6 Å². The number of hydrogen-bond acceptors (Lipinski definition) is 7. The molecule has 162 valence electrons. The van der Waals surface area contributed by atoms with Gasteiger partial charge in [-0.3, -0.25) is 8.77 Å². The largest absolute Gasteiger partial charge is 0.469 e. The lowest BCUT2D eigenvalue weighted by Crippen LogP contribution is -2.10. The molecule has 2 heterocycles. The summed E-state index contributed by atoms with van der Waals surface area (Å²) in [6.07, 6.45) is 3.78. The number of aromatic nitrogens is 4. The lowest BCUT2D eigenvalue weighted by atomic mass is 10.1.